The number of Topliss-reactive ketones (excluding diaryl/α,β-unsaturated/α-hetero) is 1. The van der Waals surface area contributed by atoms with Gasteiger partial charge in [-0.1, -0.05) is 20.8 Å². The lowest BCUT2D eigenvalue weighted by molar-refractivity contribution is -0.150. The molecule has 0 rings (SSSR count). The molecule has 2 atom stereocenters. The van der Waals surface area contributed by atoms with Gasteiger partial charge in [0.15, 0.2) is 11.3 Å². The molecule has 0 aliphatic rings. The van der Waals surface area contributed by atoms with Crippen LogP contribution in [0, 0.1) is 5.92 Å². The minimum Gasteiger partial charge on any atom is -0.480 e. The number of carbonyl (C=O) groups is 3. The fraction of sp³-hybridized carbons (Fsp3) is 0.769. The van der Waals surface area contributed by atoms with Gasteiger partial charge in [0.05, 0.1) is 6.04 Å². The minimum atomic E-state index is -1.98. The Balaban J connectivity index is 5.05. The Morgan fingerprint density at radius 2 is 1.85 bits per heavy atom. The zero-order valence-electron chi connectivity index (χ0n) is 12.3. The van der Waals surface area contributed by atoms with Crippen LogP contribution in [0.3, 0.4) is 0 Å². The fourth-order valence-corrected chi connectivity index (χ4v) is 1.75. The van der Waals surface area contributed by atoms with Crippen molar-refractivity contribution < 1.29 is 19.5 Å². The Labute approximate surface area is 119 Å². The van der Waals surface area contributed by atoms with Crippen molar-refractivity contribution in [1.29, 1.82) is 0 Å². The number of carbonyl (C=O) groups excluding carboxylic acids is 2. The number of nitrogens with one attached hydrogen (secondary N) is 1. The van der Waals surface area contributed by atoms with Crippen LogP contribution in [0.4, 0.5) is 0 Å². The molecule has 0 aliphatic heterocycles. The summed E-state index contributed by atoms with van der Waals surface area (Å²) in [6.07, 6.45) is 0.665. The van der Waals surface area contributed by atoms with Gasteiger partial charge in [-0.05, 0) is 25.3 Å². The van der Waals surface area contributed by atoms with Gasteiger partial charge in [0, 0.05) is 6.42 Å². The second-order valence-electron chi connectivity index (χ2n) is 5.18. The molecule has 7 heteroatoms. The highest BCUT2D eigenvalue weighted by atomic mass is 16.4. The van der Waals surface area contributed by atoms with E-state index < -0.39 is 23.3 Å². The van der Waals surface area contributed by atoms with Crippen molar-refractivity contribution >= 4 is 17.7 Å². The van der Waals surface area contributed by atoms with Gasteiger partial charge in [0.25, 0.3) is 0 Å². The molecular formula is C13H25N3O4. The summed E-state index contributed by atoms with van der Waals surface area (Å²) >= 11 is 0. The number of rotatable bonds is 9. The number of carboxylic acids is 1. The number of carboxylic acid groups (broad SMARTS) is 1. The molecule has 0 aromatic rings. The molecule has 7 nitrogen and oxygen atoms in total. The minimum absolute atomic E-state index is 0.0386. The zero-order chi connectivity index (χ0) is 15.9. The summed E-state index contributed by atoms with van der Waals surface area (Å²) in [6, 6.07) is -0.915. The van der Waals surface area contributed by atoms with Crippen LogP contribution in [0.2, 0.25) is 0 Å². The first-order valence-corrected chi connectivity index (χ1v) is 6.76. The van der Waals surface area contributed by atoms with Crippen LogP contribution in [-0.4, -0.2) is 40.9 Å². The van der Waals surface area contributed by atoms with Crippen molar-refractivity contribution in [2.45, 2.75) is 51.6 Å². The molecular weight excluding hydrogens is 262 g/mol. The van der Waals surface area contributed by atoms with E-state index in [1.54, 1.807) is 13.8 Å². The van der Waals surface area contributed by atoms with E-state index in [-0.39, 0.29) is 24.7 Å². The van der Waals surface area contributed by atoms with Crippen molar-refractivity contribution in [3.8, 4) is 0 Å². The van der Waals surface area contributed by atoms with E-state index in [1.165, 1.54) is 6.92 Å². The average molecular weight is 287 g/mol. The molecule has 0 saturated heterocycles. The smallest absolute Gasteiger partial charge is 0.331 e. The van der Waals surface area contributed by atoms with Crippen LogP contribution in [0.1, 0.15) is 40.0 Å². The molecule has 0 bridgehead atoms. The Kier molecular flexibility index (Phi) is 7.38. The monoisotopic (exact) mass is 287 g/mol. The third-order valence-electron chi connectivity index (χ3n) is 3.25. The molecule has 0 aromatic heterocycles. The van der Waals surface area contributed by atoms with Crippen molar-refractivity contribution in [2.24, 2.45) is 17.4 Å². The van der Waals surface area contributed by atoms with Crippen molar-refractivity contribution in [3.63, 3.8) is 0 Å². The van der Waals surface area contributed by atoms with E-state index in [0.29, 0.717) is 13.0 Å². The number of hydrogen-bond acceptors (Lipinski definition) is 5. The second kappa shape index (κ2) is 7.96. The van der Waals surface area contributed by atoms with Gasteiger partial charge in [-0.2, -0.15) is 0 Å². The van der Waals surface area contributed by atoms with Crippen LogP contribution in [0.25, 0.3) is 0 Å². The maximum Gasteiger partial charge on any atom is 0.331 e. The Bertz CT molecular complexity index is 371. The zero-order valence-corrected chi connectivity index (χ0v) is 12.3. The van der Waals surface area contributed by atoms with E-state index in [9.17, 15) is 14.4 Å². The van der Waals surface area contributed by atoms with Gasteiger partial charge in [-0.3, -0.25) is 9.59 Å². The maximum absolute atomic E-state index is 12.3. The molecule has 0 fully saturated rings. The van der Waals surface area contributed by atoms with Gasteiger partial charge in [-0.25, -0.2) is 4.79 Å². The standard InChI is InChI=1S/C13H25N3O4/c1-4-13(15,12(19)20)11(18)10(8(2)3)16-9(17)6-5-7-14/h8,10H,4-7,14-15H2,1-3H3,(H,16,17)(H,19,20). The molecule has 2 unspecified atom stereocenters. The topological polar surface area (TPSA) is 136 Å². The highest BCUT2D eigenvalue weighted by Gasteiger charge is 2.45. The molecule has 20 heavy (non-hydrogen) atoms. The van der Waals surface area contributed by atoms with Crippen LogP contribution < -0.4 is 16.8 Å². The molecule has 0 aromatic carbocycles. The predicted molar refractivity (Wildman–Crippen MR) is 74.9 cm³/mol. The van der Waals surface area contributed by atoms with Crippen LogP contribution in [0.5, 0.6) is 0 Å². The lowest BCUT2D eigenvalue weighted by Crippen LogP contribution is -2.62. The summed E-state index contributed by atoms with van der Waals surface area (Å²) in [7, 11) is 0. The second-order valence-corrected chi connectivity index (χ2v) is 5.18. The van der Waals surface area contributed by atoms with E-state index in [4.69, 9.17) is 16.6 Å². The third-order valence-corrected chi connectivity index (χ3v) is 3.25. The van der Waals surface area contributed by atoms with Crippen molar-refractivity contribution in [2.75, 3.05) is 6.54 Å². The summed E-state index contributed by atoms with van der Waals surface area (Å²) in [5.74, 6) is -2.64. The molecule has 0 saturated carbocycles. The number of ketones is 1. The lowest BCUT2D eigenvalue weighted by Gasteiger charge is -2.29. The summed E-state index contributed by atoms with van der Waals surface area (Å²) < 4.78 is 0. The Hall–Kier alpha value is -1.47. The van der Waals surface area contributed by atoms with Crippen LogP contribution in [0.15, 0.2) is 0 Å². The van der Waals surface area contributed by atoms with Gasteiger partial charge >= 0.3 is 5.97 Å². The first-order chi connectivity index (χ1) is 9.20. The van der Waals surface area contributed by atoms with Gasteiger partial charge in [-0.15, -0.1) is 0 Å². The molecule has 0 spiro atoms. The van der Waals surface area contributed by atoms with E-state index in [0.717, 1.165) is 0 Å². The van der Waals surface area contributed by atoms with Gasteiger partial charge in [0.2, 0.25) is 5.91 Å². The normalized spacial score (nSPS) is 15.5. The molecule has 0 heterocycles. The number of hydrogen-bond donors (Lipinski definition) is 4. The van der Waals surface area contributed by atoms with E-state index in [2.05, 4.69) is 5.32 Å². The van der Waals surface area contributed by atoms with E-state index in [1.807, 2.05) is 0 Å². The largest absolute Gasteiger partial charge is 0.480 e. The van der Waals surface area contributed by atoms with Gasteiger partial charge in [0.1, 0.15) is 0 Å². The SMILES string of the molecule is CCC(N)(C(=O)O)C(=O)C(NC(=O)CCCN)C(C)C. The fourth-order valence-electron chi connectivity index (χ4n) is 1.75. The quantitative estimate of drug-likeness (QED) is 0.427. The molecule has 0 radical (unpaired) electrons. The van der Waals surface area contributed by atoms with Gasteiger partial charge < -0.3 is 21.9 Å². The van der Waals surface area contributed by atoms with Crippen LogP contribution >= 0.6 is 0 Å². The summed E-state index contributed by atoms with van der Waals surface area (Å²) in [5, 5.41) is 11.7. The number of nitrogens with two attached hydrogens (primary N) is 2. The highest BCUT2D eigenvalue weighted by Crippen LogP contribution is 2.16. The number of aliphatic carboxylic acids is 1. The maximum atomic E-state index is 12.3. The predicted octanol–water partition coefficient (Wildman–Crippen LogP) is -0.373. The molecule has 1 amide bonds. The third kappa shape index (κ3) is 4.57. The van der Waals surface area contributed by atoms with Crippen molar-refractivity contribution in [3.05, 3.63) is 0 Å². The average Bonchev–Trinajstić information content (AvgIpc) is 2.40. The van der Waals surface area contributed by atoms with Crippen molar-refractivity contribution in [1.82, 2.24) is 5.32 Å². The first-order valence-electron chi connectivity index (χ1n) is 6.76. The Morgan fingerprint density at radius 1 is 1.30 bits per heavy atom. The highest BCUT2D eigenvalue weighted by molar-refractivity contribution is 6.10. The molecule has 0 aliphatic carbocycles. The lowest BCUT2D eigenvalue weighted by atomic mass is 9.83. The van der Waals surface area contributed by atoms with Crippen LogP contribution in [-0.2, 0) is 14.4 Å². The summed E-state index contributed by atoms with van der Waals surface area (Å²) in [5.41, 5.74) is 9.01. The molecule has 116 valence electrons. The summed E-state index contributed by atoms with van der Waals surface area (Å²) in [4.78, 5) is 35.2. The number of amides is 1. The molecule has 6 N–H and O–H groups in total. The first kappa shape index (κ1) is 18.5. The summed E-state index contributed by atoms with van der Waals surface area (Å²) in [6.45, 7) is 5.35. The Morgan fingerprint density at radius 3 is 2.20 bits per heavy atom. The van der Waals surface area contributed by atoms with E-state index >= 15 is 0 Å².